The van der Waals surface area contributed by atoms with Gasteiger partial charge in [-0.1, -0.05) is 18.2 Å². The van der Waals surface area contributed by atoms with Crippen molar-refractivity contribution in [2.24, 2.45) is 0 Å². The summed E-state index contributed by atoms with van der Waals surface area (Å²) < 4.78 is 9.56. The lowest BCUT2D eigenvalue weighted by Crippen LogP contribution is -2.07. The van der Waals surface area contributed by atoms with Crippen LogP contribution in [0.2, 0.25) is 0 Å². The van der Waals surface area contributed by atoms with Crippen molar-refractivity contribution in [3.8, 4) is 0 Å². The molecule has 0 fully saturated rings. The van der Waals surface area contributed by atoms with Crippen molar-refractivity contribution in [2.45, 2.75) is 0 Å². The van der Waals surface area contributed by atoms with Gasteiger partial charge in [-0.2, -0.15) is 0 Å². The highest BCUT2D eigenvalue weighted by Gasteiger charge is 1.90. The Hall–Kier alpha value is -1.49. The Bertz CT molecular complexity index is 518. The summed E-state index contributed by atoms with van der Waals surface area (Å²) in [6.45, 7) is 0. The number of benzene rings is 1. The minimum Gasteiger partial charge on any atom is -0.305 e. The second-order valence-corrected chi connectivity index (χ2v) is 4.50. The van der Waals surface area contributed by atoms with E-state index in [2.05, 4.69) is 9.97 Å². The normalized spacial score (nSPS) is 9.80. The molecule has 5 heteroatoms. The average molecular weight is 224 g/mol. The van der Waals surface area contributed by atoms with Crippen LogP contribution >= 0.6 is 0 Å². The van der Waals surface area contributed by atoms with Crippen LogP contribution in [0.1, 0.15) is 0 Å². The first-order valence-corrected chi connectivity index (χ1v) is 6.25. The van der Waals surface area contributed by atoms with Gasteiger partial charge in [0.25, 0.3) is 0 Å². The SMILES string of the molecule is CS(C)=O.O=c1ncc2ccccc2[nH]1. The summed E-state index contributed by atoms with van der Waals surface area (Å²) in [6.07, 6.45) is 4.84. The molecule has 0 aliphatic heterocycles. The summed E-state index contributed by atoms with van der Waals surface area (Å²) in [5.41, 5.74) is 0.524. The molecule has 0 aliphatic carbocycles. The zero-order chi connectivity index (χ0) is 11.3. The number of fused-ring (bicyclic) bond motifs is 1. The van der Waals surface area contributed by atoms with Crippen molar-refractivity contribution in [1.82, 2.24) is 9.97 Å². The van der Waals surface area contributed by atoms with Gasteiger partial charge in [-0.3, -0.25) is 4.21 Å². The number of nitrogens with zero attached hydrogens (tertiary/aromatic N) is 1. The molecule has 0 spiro atoms. The predicted octanol–water partition coefficient (Wildman–Crippen LogP) is 0.918. The molecule has 1 heterocycles. The van der Waals surface area contributed by atoms with Crippen LogP contribution in [-0.4, -0.2) is 26.7 Å². The summed E-state index contributed by atoms with van der Waals surface area (Å²) in [4.78, 5) is 16.9. The molecule has 0 amide bonds. The largest absolute Gasteiger partial charge is 0.345 e. The molecule has 0 bridgehead atoms. The Kier molecular flexibility index (Phi) is 4.17. The Labute approximate surface area is 89.8 Å². The number of aromatic amines is 1. The minimum absolute atomic E-state index is 0.302. The van der Waals surface area contributed by atoms with Gasteiger partial charge in [-0.15, -0.1) is 0 Å². The van der Waals surface area contributed by atoms with E-state index in [0.717, 1.165) is 10.9 Å². The highest BCUT2D eigenvalue weighted by molar-refractivity contribution is 7.83. The van der Waals surface area contributed by atoms with E-state index in [4.69, 9.17) is 0 Å². The van der Waals surface area contributed by atoms with Crippen molar-refractivity contribution in [2.75, 3.05) is 12.5 Å². The van der Waals surface area contributed by atoms with Gasteiger partial charge >= 0.3 is 5.69 Å². The second-order valence-electron chi connectivity index (χ2n) is 3.02. The number of hydrogen-bond acceptors (Lipinski definition) is 3. The fourth-order valence-corrected chi connectivity index (χ4v) is 0.999. The maximum Gasteiger partial charge on any atom is 0.345 e. The first kappa shape index (κ1) is 11.6. The van der Waals surface area contributed by atoms with Gasteiger partial charge in [0.2, 0.25) is 0 Å². The standard InChI is InChI=1S/C8H6N2O.C2H6OS/c11-8-9-5-6-3-1-2-4-7(6)10-8;1-4(2)3/h1-5H,(H,9,10,11);1-2H3. The van der Waals surface area contributed by atoms with Crippen molar-refractivity contribution >= 4 is 21.7 Å². The summed E-state index contributed by atoms with van der Waals surface area (Å²) in [5.74, 6) is 0. The first-order chi connectivity index (χ1) is 7.09. The molecule has 2 aromatic rings. The van der Waals surface area contributed by atoms with Crippen molar-refractivity contribution < 1.29 is 4.21 Å². The van der Waals surface area contributed by atoms with Crippen LogP contribution in [0.5, 0.6) is 0 Å². The van der Waals surface area contributed by atoms with Crippen LogP contribution in [0, 0.1) is 0 Å². The van der Waals surface area contributed by atoms with E-state index in [0.29, 0.717) is 0 Å². The second kappa shape index (κ2) is 5.41. The van der Waals surface area contributed by atoms with Crippen LogP contribution in [0.3, 0.4) is 0 Å². The van der Waals surface area contributed by atoms with E-state index in [1.165, 1.54) is 0 Å². The van der Waals surface area contributed by atoms with Crippen LogP contribution in [0.4, 0.5) is 0 Å². The molecule has 1 N–H and O–H groups in total. The number of para-hydroxylation sites is 1. The zero-order valence-electron chi connectivity index (χ0n) is 8.56. The maximum absolute atomic E-state index is 10.7. The lowest BCUT2D eigenvalue weighted by Gasteiger charge is -1.92. The van der Waals surface area contributed by atoms with Crippen molar-refractivity contribution in [3.05, 3.63) is 40.9 Å². The smallest absolute Gasteiger partial charge is 0.305 e. The Morgan fingerprint density at radius 2 is 1.87 bits per heavy atom. The van der Waals surface area contributed by atoms with Crippen LogP contribution < -0.4 is 5.69 Å². The minimum atomic E-state index is -0.611. The fourth-order valence-electron chi connectivity index (χ4n) is 0.999. The summed E-state index contributed by atoms with van der Waals surface area (Å²) in [5, 5.41) is 0.951. The van der Waals surface area contributed by atoms with Gasteiger partial charge in [0.1, 0.15) is 0 Å². The van der Waals surface area contributed by atoms with Gasteiger partial charge in [0, 0.05) is 34.9 Å². The average Bonchev–Trinajstić information content (AvgIpc) is 2.16. The molecule has 0 saturated carbocycles. The topological polar surface area (TPSA) is 62.8 Å². The maximum atomic E-state index is 10.7. The summed E-state index contributed by atoms with van der Waals surface area (Å²) in [7, 11) is -0.611. The van der Waals surface area contributed by atoms with E-state index >= 15 is 0 Å². The van der Waals surface area contributed by atoms with E-state index in [-0.39, 0.29) is 5.69 Å². The third kappa shape index (κ3) is 4.03. The quantitative estimate of drug-likeness (QED) is 0.723. The number of nitrogens with one attached hydrogen (secondary N) is 1. The fraction of sp³-hybridized carbons (Fsp3) is 0.200. The number of H-pyrrole nitrogens is 1. The molecular weight excluding hydrogens is 212 g/mol. The van der Waals surface area contributed by atoms with Crippen LogP contribution in [-0.2, 0) is 10.8 Å². The highest BCUT2D eigenvalue weighted by Crippen LogP contribution is 2.05. The molecule has 0 atom stereocenters. The van der Waals surface area contributed by atoms with Crippen molar-refractivity contribution in [1.29, 1.82) is 0 Å². The molecule has 1 aromatic heterocycles. The molecular formula is C10H12N2O2S. The zero-order valence-corrected chi connectivity index (χ0v) is 9.38. The monoisotopic (exact) mass is 224 g/mol. The third-order valence-corrected chi connectivity index (χ3v) is 1.52. The van der Waals surface area contributed by atoms with Gasteiger partial charge in [0.15, 0.2) is 0 Å². The van der Waals surface area contributed by atoms with Gasteiger partial charge in [-0.25, -0.2) is 9.78 Å². The highest BCUT2D eigenvalue weighted by atomic mass is 32.2. The Morgan fingerprint density at radius 3 is 2.53 bits per heavy atom. The van der Waals surface area contributed by atoms with Gasteiger partial charge in [-0.05, 0) is 6.07 Å². The van der Waals surface area contributed by atoms with Crippen LogP contribution in [0.25, 0.3) is 10.9 Å². The van der Waals surface area contributed by atoms with E-state index in [1.54, 1.807) is 18.7 Å². The van der Waals surface area contributed by atoms with E-state index in [9.17, 15) is 9.00 Å². The Balaban J connectivity index is 0.000000245. The molecule has 80 valence electrons. The molecule has 0 aliphatic rings. The molecule has 2 rings (SSSR count). The molecule has 0 saturated heterocycles. The molecule has 4 nitrogen and oxygen atoms in total. The van der Waals surface area contributed by atoms with Gasteiger partial charge < -0.3 is 4.98 Å². The number of aromatic nitrogens is 2. The lowest BCUT2D eigenvalue weighted by atomic mass is 10.2. The molecule has 15 heavy (non-hydrogen) atoms. The molecule has 1 aromatic carbocycles. The summed E-state index contributed by atoms with van der Waals surface area (Å²) >= 11 is 0. The summed E-state index contributed by atoms with van der Waals surface area (Å²) in [6, 6.07) is 7.53. The molecule has 0 unspecified atom stereocenters. The lowest BCUT2D eigenvalue weighted by molar-refractivity contribution is 0.690. The first-order valence-electron chi connectivity index (χ1n) is 4.29. The van der Waals surface area contributed by atoms with E-state index in [1.807, 2.05) is 24.3 Å². The third-order valence-electron chi connectivity index (χ3n) is 1.52. The number of hydrogen-bond donors (Lipinski definition) is 1. The van der Waals surface area contributed by atoms with Crippen molar-refractivity contribution in [3.63, 3.8) is 0 Å². The molecule has 0 radical (unpaired) electrons. The number of rotatable bonds is 0. The van der Waals surface area contributed by atoms with Gasteiger partial charge in [0.05, 0.1) is 5.52 Å². The predicted molar refractivity (Wildman–Crippen MR) is 62.4 cm³/mol. The van der Waals surface area contributed by atoms with E-state index < -0.39 is 10.8 Å². The van der Waals surface area contributed by atoms with Crippen LogP contribution in [0.15, 0.2) is 35.3 Å². The Morgan fingerprint density at radius 1 is 1.27 bits per heavy atom.